The number of benzene rings is 1. The van der Waals surface area contributed by atoms with Crippen LogP contribution in [-0.4, -0.2) is 60.5 Å². The molecule has 0 N–H and O–H groups in total. The molecule has 2 aromatic rings. The van der Waals surface area contributed by atoms with E-state index >= 15 is 0 Å². The first-order valence-corrected chi connectivity index (χ1v) is 10.1. The van der Waals surface area contributed by atoms with Gasteiger partial charge in [0.05, 0.1) is 25.7 Å². The van der Waals surface area contributed by atoms with Crippen molar-refractivity contribution in [1.29, 1.82) is 0 Å². The van der Waals surface area contributed by atoms with Gasteiger partial charge in [0.15, 0.2) is 5.82 Å². The maximum atomic E-state index is 12.7. The summed E-state index contributed by atoms with van der Waals surface area (Å²) in [7, 11) is 1.58. The zero-order valence-electron chi connectivity index (χ0n) is 17.1. The van der Waals surface area contributed by atoms with Gasteiger partial charge in [0.2, 0.25) is 5.91 Å². The van der Waals surface area contributed by atoms with Crippen molar-refractivity contribution < 1.29 is 23.5 Å². The van der Waals surface area contributed by atoms with E-state index in [9.17, 15) is 4.79 Å². The van der Waals surface area contributed by atoms with Crippen molar-refractivity contribution >= 4 is 5.91 Å². The lowest BCUT2D eigenvalue weighted by Crippen LogP contribution is -2.44. The second kappa shape index (κ2) is 10.9. The van der Waals surface area contributed by atoms with E-state index in [4.69, 9.17) is 18.7 Å². The number of likely N-dealkylation sites (tertiary alicyclic amines) is 1. The fourth-order valence-electron chi connectivity index (χ4n) is 3.35. The first-order valence-electron chi connectivity index (χ1n) is 10.1. The van der Waals surface area contributed by atoms with E-state index in [0.29, 0.717) is 50.9 Å². The van der Waals surface area contributed by atoms with Crippen LogP contribution in [0, 0.1) is 0 Å². The van der Waals surface area contributed by atoms with Crippen LogP contribution in [0.25, 0.3) is 0 Å². The van der Waals surface area contributed by atoms with Gasteiger partial charge in [-0.1, -0.05) is 17.3 Å². The van der Waals surface area contributed by atoms with Crippen LogP contribution in [0.3, 0.4) is 0 Å². The number of hydrogen-bond acceptors (Lipinski definition) is 7. The first-order chi connectivity index (χ1) is 14.2. The number of amides is 1. The third-order valence-corrected chi connectivity index (χ3v) is 4.78. The summed E-state index contributed by atoms with van der Waals surface area (Å²) in [6, 6.07) is 7.71. The normalized spacial score (nSPS) is 16.8. The highest BCUT2D eigenvalue weighted by molar-refractivity contribution is 5.79. The molecular formula is C21H29N3O5. The minimum atomic E-state index is 0.0402. The van der Waals surface area contributed by atoms with Crippen molar-refractivity contribution in [1.82, 2.24) is 15.0 Å². The number of rotatable bonds is 10. The lowest BCUT2D eigenvalue weighted by molar-refractivity contribution is -0.134. The minimum absolute atomic E-state index is 0.0402. The summed E-state index contributed by atoms with van der Waals surface area (Å²) in [6.45, 7) is 4.79. The van der Waals surface area contributed by atoms with E-state index in [-0.39, 0.29) is 12.0 Å². The number of aromatic nitrogens is 2. The SMILES string of the molecule is CCOc1ccc(CC(=O)N2CCCC(OCCc3noc(COC)n3)C2)cc1. The molecule has 158 valence electrons. The maximum Gasteiger partial charge on any atom is 0.252 e. The van der Waals surface area contributed by atoms with Crippen LogP contribution < -0.4 is 4.74 Å². The van der Waals surface area contributed by atoms with Gasteiger partial charge < -0.3 is 23.6 Å². The van der Waals surface area contributed by atoms with Gasteiger partial charge in [-0.3, -0.25) is 4.79 Å². The number of carbonyl (C=O) groups excluding carboxylic acids is 1. The molecule has 8 heteroatoms. The number of hydrogen-bond donors (Lipinski definition) is 0. The summed E-state index contributed by atoms with van der Waals surface area (Å²) >= 11 is 0. The van der Waals surface area contributed by atoms with Crippen molar-refractivity contribution in [2.24, 2.45) is 0 Å². The number of piperidine rings is 1. The van der Waals surface area contributed by atoms with Gasteiger partial charge >= 0.3 is 0 Å². The fraction of sp³-hybridized carbons (Fsp3) is 0.571. The van der Waals surface area contributed by atoms with Crippen LogP contribution in [0.15, 0.2) is 28.8 Å². The zero-order valence-corrected chi connectivity index (χ0v) is 17.1. The van der Waals surface area contributed by atoms with E-state index < -0.39 is 0 Å². The minimum Gasteiger partial charge on any atom is -0.494 e. The lowest BCUT2D eigenvalue weighted by Gasteiger charge is -2.32. The molecule has 2 heterocycles. The second-order valence-electron chi connectivity index (χ2n) is 7.02. The topological polar surface area (TPSA) is 86.9 Å². The molecule has 0 spiro atoms. The molecule has 1 aromatic carbocycles. The molecule has 1 aliphatic heterocycles. The Bertz CT molecular complexity index is 762. The summed E-state index contributed by atoms with van der Waals surface area (Å²) in [5.41, 5.74) is 0.991. The largest absolute Gasteiger partial charge is 0.494 e. The highest BCUT2D eigenvalue weighted by atomic mass is 16.5. The quantitative estimate of drug-likeness (QED) is 0.602. The molecule has 0 aliphatic carbocycles. The molecule has 0 saturated carbocycles. The van der Waals surface area contributed by atoms with Crippen molar-refractivity contribution in [3.63, 3.8) is 0 Å². The van der Waals surface area contributed by atoms with Crippen molar-refractivity contribution in [3.05, 3.63) is 41.5 Å². The van der Waals surface area contributed by atoms with Crippen LogP contribution in [0.1, 0.15) is 37.0 Å². The molecule has 0 radical (unpaired) electrons. The molecule has 0 bridgehead atoms. The summed E-state index contributed by atoms with van der Waals surface area (Å²) in [5.74, 6) is 2.03. The Kier molecular flexibility index (Phi) is 8.01. The molecule has 1 atom stereocenters. The summed E-state index contributed by atoms with van der Waals surface area (Å²) in [4.78, 5) is 18.8. The van der Waals surface area contributed by atoms with Gasteiger partial charge in [-0.05, 0) is 37.5 Å². The average Bonchev–Trinajstić information content (AvgIpc) is 3.17. The molecule has 1 fully saturated rings. The monoisotopic (exact) mass is 403 g/mol. The zero-order chi connectivity index (χ0) is 20.5. The Hall–Kier alpha value is -2.45. The molecule has 1 saturated heterocycles. The summed E-state index contributed by atoms with van der Waals surface area (Å²) in [5, 5.41) is 3.91. The third kappa shape index (κ3) is 6.54. The van der Waals surface area contributed by atoms with E-state index in [2.05, 4.69) is 10.1 Å². The molecule has 29 heavy (non-hydrogen) atoms. The number of nitrogens with zero attached hydrogens (tertiary/aromatic N) is 3. The predicted octanol–water partition coefficient (Wildman–Crippen LogP) is 2.41. The van der Waals surface area contributed by atoms with E-state index in [0.717, 1.165) is 30.7 Å². The summed E-state index contributed by atoms with van der Waals surface area (Å²) in [6.07, 6.45) is 2.90. The van der Waals surface area contributed by atoms with Gasteiger partial charge in [0, 0.05) is 26.6 Å². The molecule has 8 nitrogen and oxygen atoms in total. The first kappa shape index (κ1) is 21.3. The number of methoxy groups -OCH3 is 1. The van der Waals surface area contributed by atoms with E-state index in [1.807, 2.05) is 36.1 Å². The van der Waals surface area contributed by atoms with Crippen LogP contribution in [0.4, 0.5) is 0 Å². The van der Waals surface area contributed by atoms with Crippen LogP contribution in [-0.2, 0) is 33.7 Å². The number of carbonyl (C=O) groups is 1. The van der Waals surface area contributed by atoms with Crippen LogP contribution in [0.5, 0.6) is 5.75 Å². The van der Waals surface area contributed by atoms with Gasteiger partial charge in [-0.25, -0.2) is 0 Å². The highest BCUT2D eigenvalue weighted by Crippen LogP contribution is 2.17. The summed E-state index contributed by atoms with van der Waals surface area (Å²) < 4.78 is 21.4. The molecule has 3 rings (SSSR count). The van der Waals surface area contributed by atoms with Gasteiger partial charge in [0.1, 0.15) is 12.4 Å². The van der Waals surface area contributed by atoms with Crippen molar-refractivity contribution in [3.8, 4) is 5.75 Å². The number of ether oxygens (including phenoxy) is 3. The van der Waals surface area contributed by atoms with Gasteiger partial charge in [0.25, 0.3) is 5.89 Å². The molecule has 1 unspecified atom stereocenters. The molecule has 1 amide bonds. The van der Waals surface area contributed by atoms with E-state index in [1.54, 1.807) is 7.11 Å². The van der Waals surface area contributed by atoms with Gasteiger partial charge in [-0.15, -0.1) is 0 Å². The van der Waals surface area contributed by atoms with Gasteiger partial charge in [-0.2, -0.15) is 4.98 Å². The Morgan fingerprint density at radius 2 is 2.14 bits per heavy atom. The molecular weight excluding hydrogens is 374 g/mol. The van der Waals surface area contributed by atoms with Crippen molar-refractivity contribution in [2.75, 3.05) is 33.4 Å². The van der Waals surface area contributed by atoms with E-state index in [1.165, 1.54) is 0 Å². The molecule has 1 aromatic heterocycles. The maximum absolute atomic E-state index is 12.7. The Balaban J connectivity index is 1.42. The Labute approximate surface area is 171 Å². The van der Waals surface area contributed by atoms with Crippen molar-refractivity contribution in [2.45, 2.75) is 45.3 Å². The standard InChI is InChI=1S/C21H29N3O5/c1-3-27-17-8-6-16(7-9-17)13-21(25)24-11-4-5-18(14-24)28-12-10-19-22-20(15-26-2)29-23-19/h6-9,18H,3-5,10-15H2,1-2H3. The average molecular weight is 403 g/mol. The Morgan fingerprint density at radius 1 is 1.31 bits per heavy atom. The second-order valence-corrected chi connectivity index (χ2v) is 7.02. The predicted molar refractivity (Wildman–Crippen MR) is 106 cm³/mol. The van der Waals surface area contributed by atoms with Crippen LogP contribution >= 0.6 is 0 Å². The Morgan fingerprint density at radius 3 is 2.90 bits per heavy atom. The third-order valence-electron chi connectivity index (χ3n) is 4.78. The highest BCUT2D eigenvalue weighted by Gasteiger charge is 2.24. The fourth-order valence-corrected chi connectivity index (χ4v) is 3.35. The lowest BCUT2D eigenvalue weighted by atomic mass is 10.1. The smallest absolute Gasteiger partial charge is 0.252 e. The molecule has 1 aliphatic rings. The van der Waals surface area contributed by atoms with Crippen LogP contribution in [0.2, 0.25) is 0 Å².